The van der Waals surface area contributed by atoms with Crippen LogP contribution in [0.25, 0.3) is 0 Å². The molecule has 0 spiro atoms. The maximum Gasteiger partial charge on any atom is 0.0687 e. The molecule has 1 aliphatic carbocycles. The molecule has 104 valence electrons. The normalized spacial score (nSPS) is 23.8. The lowest BCUT2D eigenvalue weighted by atomic mass is 10.1. The van der Waals surface area contributed by atoms with Crippen LogP contribution in [0, 0.1) is 0 Å². The minimum atomic E-state index is -1.10. The first-order chi connectivity index (χ1) is 8.96. The van der Waals surface area contributed by atoms with Gasteiger partial charge in [0, 0.05) is 12.1 Å². The first kappa shape index (κ1) is 14.5. The first-order valence-electron chi connectivity index (χ1n) is 7.48. The quantitative estimate of drug-likeness (QED) is 0.785. The average molecular weight is 273 g/mol. The molecule has 2 rings (SSSR count). The van der Waals surface area contributed by atoms with Crippen molar-refractivity contribution in [2.24, 2.45) is 0 Å². The fourth-order valence-electron chi connectivity index (χ4n) is 2.93. The van der Waals surface area contributed by atoms with Crippen LogP contribution in [-0.2, 0) is 0 Å². The van der Waals surface area contributed by atoms with Crippen LogP contribution < -0.4 is 5.32 Å². The molecular formula is C17H27NSi. The van der Waals surface area contributed by atoms with Gasteiger partial charge < -0.3 is 5.32 Å². The van der Waals surface area contributed by atoms with E-state index < -0.39 is 8.07 Å². The summed E-state index contributed by atoms with van der Waals surface area (Å²) >= 11 is 0. The second kappa shape index (κ2) is 6.06. The largest absolute Gasteiger partial charge is 0.304 e. The van der Waals surface area contributed by atoms with Crippen LogP contribution in [0.2, 0.25) is 19.6 Å². The molecule has 0 bridgehead atoms. The van der Waals surface area contributed by atoms with E-state index in [1.54, 1.807) is 5.57 Å². The van der Waals surface area contributed by atoms with Crippen molar-refractivity contribution in [3.05, 3.63) is 47.2 Å². The van der Waals surface area contributed by atoms with Crippen molar-refractivity contribution in [1.29, 1.82) is 0 Å². The summed E-state index contributed by atoms with van der Waals surface area (Å²) in [7, 11) is -1.10. The Morgan fingerprint density at radius 1 is 1.21 bits per heavy atom. The van der Waals surface area contributed by atoms with Gasteiger partial charge in [0.05, 0.1) is 8.07 Å². The molecular weight excluding hydrogens is 246 g/mol. The summed E-state index contributed by atoms with van der Waals surface area (Å²) in [5, 5.41) is 3.82. The standard InChI is InChI=1S/C17H27NSi/c1-14(15-9-6-5-7-10-15)18-17-12-8-11-16(17)13-19(2,3)4/h5-7,9-10,13-14,17-18H,8,11-12H2,1-4H3/b16-13+/t14-,17-/m1/s1. The number of hydrogen-bond acceptors (Lipinski definition) is 1. The molecule has 1 saturated carbocycles. The van der Waals surface area contributed by atoms with Gasteiger partial charge in [-0.25, -0.2) is 0 Å². The highest BCUT2D eigenvalue weighted by Gasteiger charge is 2.24. The zero-order chi connectivity index (χ0) is 13.9. The van der Waals surface area contributed by atoms with Crippen molar-refractivity contribution >= 4 is 8.07 Å². The highest BCUT2D eigenvalue weighted by atomic mass is 28.3. The van der Waals surface area contributed by atoms with E-state index in [-0.39, 0.29) is 0 Å². The summed E-state index contributed by atoms with van der Waals surface area (Å²) in [5.41, 5.74) is 5.67. The molecule has 1 nitrogen and oxygen atoms in total. The first-order valence-corrected chi connectivity index (χ1v) is 11.1. The smallest absolute Gasteiger partial charge is 0.0687 e. The van der Waals surface area contributed by atoms with Crippen LogP contribution in [0.4, 0.5) is 0 Å². The average Bonchev–Trinajstić information content (AvgIpc) is 2.75. The highest BCUT2D eigenvalue weighted by molar-refractivity contribution is 6.81. The van der Waals surface area contributed by atoms with Gasteiger partial charge in [0.1, 0.15) is 0 Å². The van der Waals surface area contributed by atoms with Gasteiger partial charge in [0.15, 0.2) is 0 Å². The number of hydrogen-bond donors (Lipinski definition) is 1. The van der Waals surface area contributed by atoms with Gasteiger partial charge in [0.2, 0.25) is 0 Å². The Morgan fingerprint density at radius 3 is 2.53 bits per heavy atom. The molecule has 2 heteroatoms. The van der Waals surface area contributed by atoms with Gasteiger partial charge in [-0.1, -0.05) is 61.2 Å². The van der Waals surface area contributed by atoms with Crippen LogP contribution in [0.3, 0.4) is 0 Å². The third-order valence-corrected chi connectivity index (χ3v) is 5.01. The molecule has 1 fully saturated rings. The van der Waals surface area contributed by atoms with Gasteiger partial charge in [0.25, 0.3) is 0 Å². The summed E-state index contributed by atoms with van der Waals surface area (Å²) in [4.78, 5) is 0. The molecule has 1 aromatic carbocycles. The molecule has 0 unspecified atom stereocenters. The zero-order valence-corrected chi connectivity index (χ0v) is 13.7. The lowest BCUT2D eigenvalue weighted by Crippen LogP contribution is -2.32. The van der Waals surface area contributed by atoms with E-state index in [0.717, 1.165) is 0 Å². The summed E-state index contributed by atoms with van der Waals surface area (Å²) in [6.07, 6.45) is 3.94. The molecule has 1 aromatic rings. The van der Waals surface area contributed by atoms with Gasteiger partial charge in [-0.2, -0.15) is 0 Å². The van der Waals surface area contributed by atoms with E-state index in [2.05, 4.69) is 67.9 Å². The Balaban J connectivity index is 2.04. The Hall–Kier alpha value is -0.863. The van der Waals surface area contributed by atoms with Gasteiger partial charge in [-0.3, -0.25) is 0 Å². The minimum Gasteiger partial charge on any atom is -0.304 e. The van der Waals surface area contributed by atoms with Crippen molar-refractivity contribution < 1.29 is 0 Å². The van der Waals surface area contributed by atoms with E-state index in [1.807, 2.05) is 0 Å². The molecule has 19 heavy (non-hydrogen) atoms. The third kappa shape index (κ3) is 4.32. The van der Waals surface area contributed by atoms with Gasteiger partial charge in [-0.15, -0.1) is 0 Å². The molecule has 0 aromatic heterocycles. The highest BCUT2D eigenvalue weighted by Crippen LogP contribution is 2.28. The summed E-state index contributed by atoms with van der Waals surface area (Å²) in [6.45, 7) is 9.56. The lowest BCUT2D eigenvalue weighted by Gasteiger charge is -2.23. The maximum absolute atomic E-state index is 3.82. The van der Waals surface area contributed by atoms with Crippen molar-refractivity contribution in [3.8, 4) is 0 Å². The Bertz CT molecular complexity index is 430. The Morgan fingerprint density at radius 2 is 1.89 bits per heavy atom. The second-order valence-electron chi connectivity index (χ2n) is 6.83. The molecule has 0 amide bonds. The van der Waals surface area contributed by atoms with E-state index in [1.165, 1.54) is 24.8 Å². The summed E-state index contributed by atoms with van der Waals surface area (Å²) in [6, 6.07) is 11.8. The maximum atomic E-state index is 3.82. The van der Waals surface area contributed by atoms with Gasteiger partial charge >= 0.3 is 0 Å². The van der Waals surface area contributed by atoms with Crippen LogP contribution in [0.1, 0.15) is 37.8 Å². The molecule has 2 atom stereocenters. The lowest BCUT2D eigenvalue weighted by molar-refractivity contribution is 0.502. The van der Waals surface area contributed by atoms with Crippen molar-refractivity contribution in [2.45, 2.75) is 57.9 Å². The van der Waals surface area contributed by atoms with E-state index in [9.17, 15) is 0 Å². The van der Waals surface area contributed by atoms with Crippen molar-refractivity contribution in [1.82, 2.24) is 5.32 Å². The number of rotatable bonds is 4. The molecule has 0 saturated heterocycles. The summed E-state index contributed by atoms with van der Waals surface area (Å²) < 4.78 is 0. The summed E-state index contributed by atoms with van der Waals surface area (Å²) in [5.74, 6) is 0. The fourth-order valence-corrected chi connectivity index (χ4v) is 4.39. The number of nitrogens with one attached hydrogen (secondary N) is 1. The van der Waals surface area contributed by atoms with Crippen molar-refractivity contribution in [3.63, 3.8) is 0 Å². The molecule has 0 heterocycles. The fraction of sp³-hybridized carbons (Fsp3) is 0.529. The molecule has 1 N–H and O–H groups in total. The zero-order valence-electron chi connectivity index (χ0n) is 12.7. The number of benzene rings is 1. The molecule has 1 aliphatic rings. The van der Waals surface area contributed by atoms with Crippen LogP contribution in [-0.4, -0.2) is 14.1 Å². The van der Waals surface area contributed by atoms with E-state index >= 15 is 0 Å². The molecule has 0 radical (unpaired) electrons. The Kier molecular flexibility index (Phi) is 4.64. The SMILES string of the molecule is C[C@@H](N[C@@H]1CCC/C1=C\[Si](C)(C)C)c1ccccc1. The van der Waals surface area contributed by atoms with Crippen LogP contribution >= 0.6 is 0 Å². The van der Waals surface area contributed by atoms with E-state index in [4.69, 9.17) is 0 Å². The third-order valence-electron chi connectivity index (χ3n) is 3.78. The minimum absolute atomic E-state index is 0.439. The predicted octanol–water partition coefficient (Wildman–Crippen LogP) is 4.69. The van der Waals surface area contributed by atoms with Crippen LogP contribution in [0.15, 0.2) is 41.6 Å². The monoisotopic (exact) mass is 273 g/mol. The van der Waals surface area contributed by atoms with Crippen LogP contribution in [0.5, 0.6) is 0 Å². The molecule has 0 aliphatic heterocycles. The Labute approximate surface area is 119 Å². The van der Waals surface area contributed by atoms with E-state index in [0.29, 0.717) is 12.1 Å². The van der Waals surface area contributed by atoms with Gasteiger partial charge in [-0.05, 0) is 31.7 Å². The topological polar surface area (TPSA) is 12.0 Å². The second-order valence-corrected chi connectivity index (χ2v) is 11.8. The van der Waals surface area contributed by atoms with Crippen molar-refractivity contribution in [2.75, 3.05) is 0 Å². The predicted molar refractivity (Wildman–Crippen MR) is 87.1 cm³/mol.